The van der Waals surface area contributed by atoms with Crippen LogP contribution in [-0.4, -0.2) is 11.8 Å². The van der Waals surface area contributed by atoms with Crippen molar-refractivity contribution in [3.63, 3.8) is 0 Å². The van der Waals surface area contributed by atoms with Gasteiger partial charge in [-0.1, -0.05) is 39.7 Å². The molecule has 0 radical (unpaired) electrons. The van der Waals surface area contributed by atoms with E-state index in [9.17, 15) is 4.79 Å². The van der Waals surface area contributed by atoms with Gasteiger partial charge in [-0.05, 0) is 110 Å². The van der Waals surface area contributed by atoms with Crippen molar-refractivity contribution in [3.05, 3.63) is 24.3 Å². The van der Waals surface area contributed by atoms with E-state index in [1.807, 2.05) is 6.08 Å². The molecular formula is C27H43NO. The summed E-state index contributed by atoms with van der Waals surface area (Å²) in [5, 5.41) is 0. The number of nitrogens with two attached hydrogens (primary N) is 1. The number of aldehydes is 1. The normalized spacial score (nSPS) is 49.2. The number of hydrogen-bond donors (Lipinski definition) is 1. The van der Waals surface area contributed by atoms with Crippen molar-refractivity contribution in [2.24, 2.45) is 52.6 Å². The van der Waals surface area contributed by atoms with Crippen LogP contribution in [0.25, 0.3) is 0 Å². The van der Waals surface area contributed by atoms with Crippen molar-refractivity contribution in [3.8, 4) is 0 Å². The van der Waals surface area contributed by atoms with E-state index >= 15 is 0 Å². The van der Waals surface area contributed by atoms with E-state index in [2.05, 4.69) is 33.4 Å². The zero-order chi connectivity index (χ0) is 20.8. The third-order valence-electron chi connectivity index (χ3n) is 10.2. The van der Waals surface area contributed by atoms with Gasteiger partial charge in [-0.15, -0.1) is 6.58 Å². The zero-order valence-electron chi connectivity index (χ0n) is 19.0. The summed E-state index contributed by atoms with van der Waals surface area (Å²) in [6.45, 7) is 11.1. The number of rotatable bonds is 8. The molecule has 4 aliphatic rings. The highest BCUT2D eigenvalue weighted by Crippen LogP contribution is 2.76. The molecule has 4 aliphatic carbocycles. The van der Waals surface area contributed by atoms with E-state index < -0.39 is 0 Å². The number of carbonyl (C=O) groups is 1. The SMILES string of the molecule is C=CCCC1C2CC2C2C3C(CC)C/C(=C/C=O)C(N)(CCC)C3CCC12CC. The predicted molar refractivity (Wildman–Crippen MR) is 121 cm³/mol. The fourth-order valence-corrected chi connectivity index (χ4v) is 9.12. The highest BCUT2D eigenvalue weighted by molar-refractivity contribution is 5.67. The van der Waals surface area contributed by atoms with Crippen molar-refractivity contribution in [1.82, 2.24) is 0 Å². The van der Waals surface area contributed by atoms with E-state index in [1.54, 1.807) is 0 Å². The van der Waals surface area contributed by atoms with Crippen LogP contribution in [0.2, 0.25) is 0 Å². The summed E-state index contributed by atoms with van der Waals surface area (Å²) >= 11 is 0. The van der Waals surface area contributed by atoms with Gasteiger partial charge >= 0.3 is 0 Å². The first-order valence-corrected chi connectivity index (χ1v) is 12.6. The average molecular weight is 398 g/mol. The molecule has 4 fully saturated rings. The Bertz CT molecular complexity index is 667. The summed E-state index contributed by atoms with van der Waals surface area (Å²) in [5.74, 6) is 5.73. The molecule has 29 heavy (non-hydrogen) atoms. The number of carbonyl (C=O) groups excluding carboxylic acids is 1. The molecule has 0 aliphatic heterocycles. The molecule has 0 amide bonds. The van der Waals surface area contributed by atoms with Crippen LogP contribution in [-0.2, 0) is 4.79 Å². The molecule has 9 unspecified atom stereocenters. The summed E-state index contributed by atoms with van der Waals surface area (Å²) in [7, 11) is 0. The van der Waals surface area contributed by atoms with Crippen molar-refractivity contribution in [1.29, 1.82) is 0 Å². The monoisotopic (exact) mass is 397 g/mol. The Hall–Kier alpha value is -0.890. The van der Waals surface area contributed by atoms with Gasteiger partial charge in [-0.2, -0.15) is 0 Å². The summed E-state index contributed by atoms with van der Waals surface area (Å²) in [6, 6.07) is 0. The maximum Gasteiger partial charge on any atom is 0.142 e. The third-order valence-corrected chi connectivity index (χ3v) is 10.2. The Morgan fingerprint density at radius 1 is 1.24 bits per heavy atom. The van der Waals surface area contributed by atoms with Gasteiger partial charge in [0.05, 0.1) is 0 Å². The molecule has 2 N–H and O–H groups in total. The van der Waals surface area contributed by atoms with Crippen LogP contribution in [0.15, 0.2) is 24.3 Å². The second-order valence-corrected chi connectivity index (χ2v) is 10.9. The maximum absolute atomic E-state index is 11.5. The van der Waals surface area contributed by atoms with Gasteiger partial charge in [-0.25, -0.2) is 0 Å². The van der Waals surface area contributed by atoms with Crippen molar-refractivity contribution in [2.45, 2.75) is 90.5 Å². The van der Waals surface area contributed by atoms with Gasteiger partial charge < -0.3 is 5.73 Å². The Labute approximate surface area is 178 Å². The minimum atomic E-state index is -0.254. The molecular weight excluding hydrogens is 354 g/mol. The van der Waals surface area contributed by atoms with E-state index in [1.165, 1.54) is 50.5 Å². The van der Waals surface area contributed by atoms with Gasteiger partial charge in [0, 0.05) is 5.54 Å². The quantitative estimate of drug-likeness (QED) is 0.296. The smallest absolute Gasteiger partial charge is 0.142 e. The van der Waals surface area contributed by atoms with E-state index in [4.69, 9.17) is 5.73 Å². The highest BCUT2D eigenvalue weighted by atomic mass is 16.1. The van der Waals surface area contributed by atoms with Crippen LogP contribution in [0.3, 0.4) is 0 Å². The molecule has 2 heteroatoms. The van der Waals surface area contributed by atoms with Crippen molar-refractivity contribution in [2.75, 3.05) is 0 Å². The molecule has 4 saturated carbocycles. The minimum Gasteiger partial charge on any atom is -0.321 e. The minimum absolute atomic E-state index is 0.254. The lowest BCUT2D eigenvalue weighted by atomic mass is 9.45. The van der Waals surface area contributed by atoms with E-state index in [0.717, 1.165) is 55.1 Å². The Morgan fingerprint density at radius 2 is 2.03 bits per heavy atom. The topological polar surface area (TPSA) is 43.1 Å². The molecule has 4 rings (SSSR count). The van der Waals surface area contributed by atoms with Gasteiger partial charge in [0.25, 0.3) is 0 Å². The summed E-state index contributed by atoms with van der Waals surface area (Å²) in [5.41, 5.74) is 8.83. The number of fused-ring (bicyclic) bond motifs is 5. The van der Waals surface area contributed by atoms with Crippen molar-refractivity contribution < 1.29 is 4.79 Å². The number of allylic oxidation sites excluding steroid dienone is 2. The lowest BCUT2D eigenvalue weighted by molar-refractivity contribution is -0.104. The highest BCUT2D eigenvalue weighted by Gasteiger charge is 2.71. The van der Waals surface area contributed by atoms with Crippen LogP contribution >= 0.6 is 0 Å². The molecule has 0 saturated heterocycles. The van der Waals surface area contributed by atoms with Gasteiger partial charge in [0.15, 0.2) is 0 Å². The van der Waals surface area contributed by atoms with Crippen LogP contribution < -0.4 is 5.73 Å². The molecule has 162 valence electrons. The predicted octanol–water partition coefficient (Wildman–Crippen LogP) is 6.31. The molecule has 0 aromatic carbocycles. The maximum atomic E-state index is 11.5. The summed E-state index contributed by atoms with van der Waals surface area (Å²) in [6.07, 6.45) is 17.4. The second-order valence-electron chi connectivity index (χ2n) is 10.9. The van der Waals surface area contributed by atoms with Crippen molar-refractivity contribution >= 4 is 6.29 Å². The lowest BCUT2D eigenvalue weighted by Gasteiger charge is -2.61. The Kier molecular flexibility index (Phi) is 5.88. The number of hydrogen-bond acceptors (Lipinski definition) is 2. The zero-order valence-corrected chi connectivity index (χ0v) is 19.0. The fourth-order valence-electron chi connectivity index (χ4n) is 9.12. The molecule has 9 atom stereocenters. The van der Waals surface area contributed by atoms with Gasteiger partial charge in [0.1, 0.15) is 6.29 Å². The van der Waals surface area contributed by atoms with Crippen LogP contribution in [0, 0.1) is 46.8 Å². The molecule has 0 aromatic heterocycles. The van der Waals surface area contributed by atoms with Crippen LogP contribution in [0.1, 0.15) is 85.0 Å². The molecule has 0 bridgehead atoms. The fraction of sp³-hybridized carbons (Fsp3) is 0.815. The second kappa shape index (κ2) is 7.98. The molecule has 0 spiro atoms. The third kappa shape index (κ3) is 3.03. The summed E-state index contributed by atoms with van der Waals surface area (Å²) in [4.78, 5) is 11.5. The largest absolute Gasteiger partial charge is 0.321 e. The molecule has 2 nitrogen and oxygen atoms in total. The van der Waals surface area contributed by atoms with Crippen LogP contribution in [0.4, 0.5) is 0 Å². The van der Waals surface area contributed by atoms with Gasteiger partial charge in [0.2, 0.25) is 0 Å². The first kappa shape index (κ1) is 21.3. The Morgan fingerprint density at radius 3 is 2.66 bits per heavy atom. The first-order chi connectivity index (χ1) is 14.0. The van der Waals surface area contributed by atoms with E-state index in [0.29, 0.717) is 17.3 Å². The lowest BCUT2D eigenvalue weighted by Crippen LogP contribution is -2.62. The average Bonchev–Trinajstić information content (AvgIpc) is 3.45. The van der Waals surface area contributed by atoms with E-state index in [-0.39, 0.29) is 5.54 Å². The van der Waals surface area contributed by atoms with Gasteiger partial charge in [-0.3, -0.25) is 4.79 Å². The molecule has 0 aromatic rings. The van der Waals surface area contributed by atoms with Crippen LogP contribution in [0.5, 0.6) is 0 Å². The Balaban J connectivity index is 1.74. The molecule has 0 heterocycles. The first-order valence-electron chi connectivity index (χ1n) is 12.6. The summed E-state index contributed by atoms with van der Waals surface area (Å²) < 4.78 is 0. The standard InChI is InChI=1S/C27H43NO/c1-5-9-10-22-20-17-21(20)25-24-18(7-3)16-19(12-15-29)27(28,13-6-2)23(24)11-14-26(22,25)8-4/h5,12,15,18,20-25H,1,6-11,13-14,16-17,28H2,2-4H3/b19-12-.